The third-order valence-corrected chi connectivity index (χ3v) is 6.09. The predicted molar refractivity (Wildman–Crippen MR) is 132 cm³/mol. The van der Waals surface area contributed by atoms with Gasteiger partial charge in [0.15, 0.2) is 17.8 Å². The van der Waals surface area contributed by atoms with E-state index in [0.717, 1.165) is 21.4 Å². The Labute approximate surface area is 227 Å². The first kappa shape index (κ1) is 28.3. The van der Waals surface area contributed by atoms with E-state index < -0.39 is 43.0 Å². The molecule has 2 aromatic heterocycles. The zero-order chi connectivity index (χ0) is 28.6. The van der Waals surface area contributed by atoms with Gasteiger partial charge in [0, 0.05) is 15.6 Å². The molecule has 2 heterocycles. The van der Waals surface area contributed by atoms with E-state index in [4.69, 9.17) is 23.2 Å². The lowest BCUT2D eigenvalue weighted by Gasteiger charge is -2.16. The first-order chi connectivity index (χ1) is 18.3. The van der Waals surface area contributed by atoms with Crippen LogP contribution in [0.3, 0.4) is 0 Å². The minimum absolute atomic E-state index is 0.0366. The summed E-state index contributed by atoms with van der Waals surface area (Å²) in [6.07, 6.45) is -9.15. The Kier molecular flexibility index (Phi) is 7.85. The normalized spacial score (nSPS) is 13.3. The second-order valence-corrected chi connectivity index (χ2v) is 9.33. The highest BCUT2D eigenvalue weighted by atomic mass is 35.5. The monoisotopic (exact) mass is 584 g/mol. The lowest BCUT2D eigenvalue weighted by atomic mass is 10.1. The number of benzene rings is 2. The molecule has 0 aliphatic heterocycles. The highest BCUT2D eigenvalue weighted by Gasteiger charge is 2.39. The van der Waals surface area contributed by atoms with Gasteiger partial charge >= 0.3 is 11.9 Å². The molecule has 2 N–H and O–H groups in total. The van der Waals surface area contributed by atoms with Crippen LogP contribution in [0.25, 0.3) is 16.9 Å². The average molecular weight is 585 g/mol. The van der Waals surface area contributed by atoms with Crippen molar-refractivity contribution in [3.05, 3.63) is 86.2 Å². The first-order valence-electron chi connectivity index (χ1n) is 11.1. The third kappa shape index (κ3) is 5.84. The fraction of sp³-hybridized carbons (Fsp3) is 0.250. The van der Waals surface area contributed by atoms with Crippen LogP contribution in [-0.2, 0) is 13.1 Å². The van der Waals surface area contributed by atoms with Gasteiger partial charge in [-0.05, 0) is 37.3 Å². The van der Waals surface area contributed by atoms with Crippen LogP contribution in [0.15, 0.2) is 47.3 Å². The predicted octanol–water partition coefficient (Wildman–Crippen LogP) is 4.24. The lowest BCUT2D eigenvalue weighted by molar-refractivity contribution is -0.207. The van der Waals surface area contributed by atoms with E-state index in [1.165, 1.54) is 37.3 Å². The van der Waals surface area contributed by atoms with Crippen molar-refractivity contribution in [3.63, 3.8) is 0 Å². The SMILES string of the molecule is C[C@H](O)c1nc(Cn2c(C#N)c(-c3ccc(Cl)cc3)n(CC(O)C(F)(F)F)c2=O)nn1-c1cc(F)cc(Cl)c1. The molecule has 2 aromatic carbocycles. The summed E-state index contributed by atoms with van der Waals surface area (Å²) in [4.78, 5) is 17.5. The van der Waals surface area contributed by atoms with Crippen molar-refractivity contribution in [1.82, 2.24) is 23.9 Å². The zero-order valence-electron chi connectivity index (χ0n) is 19.9. The van der Waals surface area contributed by atoms with Gasteiger partial charge in [-0.2, -0.15) is 18.4 Å². The maximum absolute atomic E-state index is 14.0. The van der Waals surface area contributed by atoms with Gasteiger partial charge in [0.1, 0.15) is 23.7 Å². The minimum atomic E-state index is -5.04. The van der Waals surface area contributed by atoms with E-state index in [2.05, 4.69) is 10.1 Å². The van der Waals surface area contributed by atoms with Crippen LogP contribution >= 0.6 is 23.2 Å². The number of rotatable bonds is 7. The second kappa shape index (κ2) is 10.8. The third-order valence-electron chi connectivity index (χ3n) is 5.62. The molecule has 0 saturated heterocycles. The summed E-state index contributed by atoms with van der Waals surface area (Å²) >= 11 is 11.8. The van der Waals surface area contributed by atoms with Gasteiger partial charge in [-0.1, -0.05) is 35.3 Å². The number of imidazole rings is 1. The van der Waals surface area contributed by atoms with Crippen molar-refractivity contribution in [2.24, 2.45) is 0 Å². The van der Waals surface area contributed by atoms with Crippen LogP contribution in [0.1, 0.15) is 30.4 Å². The highest BCUT2D eigenvalue weighted by molar-refractivity contribution is 6.31. The Morgan fingerprint density at radius 3 is 2.31 bits per heavy atom. The van der Waals surface area contributed by atoms with Gasteiger partial charge < -0.3 is 10.2 Å². The van der Waals surface area contributed by atoms with Gasteiger partial charge in [0.2, 0.25) is 0 Å². The van der Waals surface area contributed by atoms with Crippen molar-refractivity contribution >= 4 is 23.2 Å². The molecule has 1 unspecified atom stereocenters. The Bertz CT molecular complexity index is 1600. The van der Waals surface area contributed by atoms with Crippen molar-refractivity contribution in [1.29, 1.82) is 5.26 Å². The molecule has 4 aromatic rings. The number of nitriles is 1. The average Bonchev–Trinajstić information content (AvgIpc) is 3.38. The molecule has 2 atom stereocenters. The number of aliphatic hydroxyl groups is 2. The molecule has 0 saturated carbocycles. The van der Waals surface area contributed by atoms with Gasteiger partial charge in [-0.15, -0.1) is 5.10 Å². The molecule has 9 nitrogen and oxygen atoms in total. The van der Waals surface area contributed by atoms with E-state index in [1.54, 1.807) is 0 Å². The van der Waals surface area contributed by atoms with Crippen molar-refractivity contribution < 1.29 is 27.8 Å². The lowest BCUT2D eigenvalue weighted by Crippen LogP contribution is -2.37. The fourth-order valence-electron chi connectivity index (χ4n) is 3.90. The maximum Gasteiger partial charge on any atom is 0.416 e. The number of nitrogens with zero attached hydrogens (tertiary/aromatic N) is 6. The maximum atomic E-state index is 14.0. The molecule has 15 heteroatoms. The molecular formula is C24H18Cl2F4N6O3. The Balaban J connectivity index is 1.88. The summed E-state index contributed by atoms with van der Waals surface area (Å²) in [6.45, 7) is -0.330. The smallest absolute Gasteiger partial charge is 0.385 e. The summed E-state index contributed by atoms with van der Waals surface area (Å²) in [5.41, 5.74) is -1.27. The van der Waals surface area contributed by atoms with Crippen LogP contribution < -0.4 is 5.69 Å². The summed E-state index contributed by atoms with van der Waals surface area (Å²) in [6, 6.07) is 11.0. The molecule has 0 aliphatic rings. The van der Waals surface area contributed by atoms with E-state index in [0.29, 0.717) is 9.59 Å². The van der Waals surface area contributed by atoms with Crippen LogP contribution in [0.4, 0.5) is 17.6 Å². The second-order valence-electron chi connectivity index (χ2n) is 8.45. The quantitative estimate of drug-likeness (QED) is 0.313. The number of halogens is 6. The standard InChI is InChI=1S/C24H18Cl2F4N6O3/c1-12(37)22-32-20(33-36(22)17-7-15(26)6-16(27)8-17)11-34-18(9-31)21(13-2-4-14(25)5-3-13)35(23(34)39)10-19(38)24(28,29)30/h2-8,12,19,37-38H,10-11H2,1H3/t12-,19?/m0/s1. The first-order valence-corrected chi connectivity index (χ1v) is 11.9. The minimum Gasteiger partial charge on any atom is -0.385 e. The number of hydrogen-bond donors (Lipinski definition) is 2. The van der Waals surface area contributed by atoms with Gasteiger partial charge in [-0.25, -0.2) is 18.9 Å². The van der Waals surface area contributed by atoms with Crippen LogP contribution in [-0.4, -0.2) is 46.4 Å². The molecule has 0 fully saturated rings. The van der Waals surface area contributed by atoms with E-state index in [-0.39, 0.29) is 39.3 Å². The van der Waals surface area contributed by atoms with Crippen LogP contribution in [0.5, 0.6) is 0 Å². The molecule has 4 rings (SSSR count). The summed E-state index contributed by atoms with van der Waals surface area (Å²) in [5.74, 6) is -0.869. The summed E-state index contributed by atoms with van der Waals surface area (Å²) < 4.78 is 56.1. The van der Waals surface area contributed by atoms with E-state index in [1.807, 2.05) is 6.07 Å². The molecule has 0 radical (unpaired) electrons. The molecule has 204 valence electrons. The molecular weight excluding hydrogens is 567 g/mol. The number of alkyl halides is 3. The number of hydrogen-bond acceptors (Lipinski definition) is 6. The topological polar surface area (TPSA) is 122 Å². The highest BCUT2D eigenvalue weighted by Crippen LogP contribution is 2.28. The largest absolute Gasteiger partial charge is 0.416 e. The zero-order valence-corrected chi connectivity index (χ0v) is 21.4. The van der Waals surface area contributed by atoms with Crippen molar-refractivity contribution in [2.75, 3.05) is 0 Å². The van der Waals surface area contributed by atoms with E-state index >= 15 is 0 Å². The van der Waals surface area contributed by atoms with Crippen LogP contribution in [0, 0.1) is 17.1 Å². The summed E-state index contributed by atoms with van der Waals surface area (Å²) in [5, 5.41) is 34.4. The number of aromatic nitrogens is 5. The van der Waals surface area contributed by atoms with Crippen LogP contribution in [0.2, 0.25) is 10.0 Å². The molecule has 39 heavy (non-hydrogen) atoms. The number of aliphatic hydroxyl groups excluding tert-OH is 2. The van der Waals surface area contributed by atoms with E-state index in [9.17, 15) is 37.8 Å². The molecule has 0 amide bonds. The van der Waals surface area contributed by atoms with Gasteiger partial charge in [0.05, 0.1) is 24.5 Å². The van der Waals surface area contributed by atoms with Crippen molar-refractivity contribution in [2.45, 2.75) is 38.4 Å². The Morgan fingerprint density at radius 2 is 1.74 bits per heavy atom. The Hall–Kier alpha value is -3.70. The summed E-state index contributed by atoms with van der Waals surface area (Å²) in [7, 11) is 0. The van der Waals surface area contributed by atoms with Gasteiger partial charge in [-0.3, -0.25) is 9.13 Å². The molecule has 0 bridgehead atoms. The Morgan fingerprint density at radius 1 is 1.08 bits per heavy atom. The van der Waals surface area contributed by atoms with Crippen molar-refractivity contribution in [3.8, 4) is 23.0 Å². The molecule has 0 spiro atoms. The molecule has 0 aliphatic carbocycles. The fourth-order valence-corrected chi connectivity index (χ4v) is 4.24. The van der Waals surface area contributed by atoms with Gasteiger partial charge in [0.25, 0.3) is 0 Å².